The van der Waals surface area contributed by atoms with Crippen LogP contribution < -0.4 is 20.1 Å². The fourth-order valence-electron chi connectivity index (χ4n) is 2.42. The molecular formula is C21H26N2O6. The molecule has 2 aromatic rings. The van der Waals surface area contributed by atoms with Crippen molar-refractivity contribution < 1.29 is 28.9 Å². The van der Waals surface area contributed by atoms with E-state index in [9.17, 15) is 9.59 Å². The van der Waals surface area contributed by atoms with Crippen molar-refractivity contribution in [2.24, 2.45) is 0 Å². The first-order valence-corrected chi connectivity index (χ1v) is 9.37. The number of aliphatic hydroxyl groups excluding tert-OH is 1. The Labute approximate surface area is 169 Å². The number of nitrogens with one attached hydrogen (secondary N) is 2. The van der Waals surface area contributed by atoms with Crippen LogP contribution in [0.15, 0.2) is 48.5 Å². The number of aliphatic hydroxyl groups is 1. The number of rotatable bonds is 12. The molecule has 0 aliphatic carbocycles. The number of para-hydroxylation sites is 1. The van der Waals surface area contributed by atoms with Crippen LogP contribution in [0.1, 0.15) is 17.3 Å². The summed E-state index contributed by atoms with van der Waals surface area (Å²) >= 11 is 0. The zero-order chi connectivity index (χ0) is 20.9. The number of carbonyl (C=O) groups is 2. The molecular weight excluding hydrogens is 376 g/mol. The highest BCUT2D eigenvalue weighted by atomic mass is 16.5. The van der Waals surface area contributed by atoms with E-state index in [-0.39, 0.29) is 19.8 Å². The summed E-state index contributed by atoms with van der Waals surface area (Å²) in [7, 11) is 0. The van der Waals surface area contributed by atoms with Crippen molar-refractivity contribution in [1.82, 2.24) is 5.32 Å². The van der Waals surface area contributed by atoms with E-state index < -0.39 is 18.5 Å². The molecule has 0 atom stereocenters. The van der Waals surface area contributed by atoms with Crippen LogP contribution in [-0.4, -0.2) is 56.5 Å². The molecule has 1 amide bonds. The molecule has 8 nitrogen and oxygen atoms in total. The van der Waals surface area contributed by atoms with Crippen molar-refractivity contribution in [2.75, 3.05) is 44.8 Å². The number of esters is 1. The summed E-state index contributed by atoms with van der Waals surface area (Å²) in [6.07, 6.45) is 0. The van der Waals surface area contributed by atoms with Gasteiger partial charge in [-0.1, -0.05) is 12.1 Å². The maximum absolute atomic E-state index is 12.2. The molecule has 3 N–H and O–H groups in total. The van der Waals surface area contributed by atoms with Gasteiger partial charge in [-0.2, -0.15) is 0 Å². The topological polar surface area (TPSA) is 106 Å². The van der Waals surface area contributed by atoms with Crippen LogP contribution in [0.5, 0.6) is 11.5 Å². The summed E-state index contributed by atoms with van der Waals surface area (Å²) < 4.78 is 15.9. The van der Waals surface area contributed by atoms with E-state index in [1.165, 1.54) is 0 Å². The zero-order valence-electron chi connectivity index (χ0n) is 16.3. The molecule has 0 unspecified atom stereocenters. The van der Waals surface area contributed by atoms with Gasteiger partial charge in [-0.05, 0) is 43.3 Å². The summed E-state index contributed by atoms with van der Waals surface area (Å²) in [6, 6.07) is 13.9. The van der Waals surface area contributed by atoms with Gasteiger partial charge in [0.05, 0.1) is 25.3 Å². The summed E-state index contributed by atoms with van der Waals surface area (Å²) in [6.45, 7) is 2.92. The van der Waals surface area contributed by atoms with Crippen LogP contribution in [-0.2, 0) is 9.53 Å². The number of benzene rings is 2. The number of ether oxygens (including phenoxy) is 3. The molecule has 0 saturated carbocycles. The lowest BCUT2D eigenvalue weighted by molar-refractivity contribution is -0.124. The minimum Gasteiger partial charge on any atom is -0.494 e. The average molecular weight is 402 g/mol. The van der Waals surface area contributed by atoms with E-state index in [2.05, 4.69) is 10.6 Å². The van der Waals surface area contributed by atoms with Crippen molar-refractivity contribution >= 4 is 17.6 Å². The molecule has 0 heterocycles. The second-order valence-electron chi connectivity index (χ2n) is 5.87. The van der Waals surface area contributed by atoms with Crippen molar-refractivity contribution in [3.8, 4) is 11.5 Å². The number of amides is 1. The molecule has 8 heteroatoms. The van der Waals surface area contributed by atoms with Gasteiger partial charge < -0.3 is 30.0 Å². The standard InChI is InChI=1S/C21H26N2O6/c1-2-27-16-7-9-17(10-8-16)28-14-12-23-20(25)15-29-21(26)18-5-3-4-6-19(18)22-11-13-24/h3-10,22,24H,2,11-15H2,1H3,(H,23,25). The normalized spacial score (nSPS) is 10.1. The Morgan fingerprint density at radius 3 is 2.34 bits per heavy atom. The first kappa shape index (κ1) is 22.0. The van der Waals surface area contributed by atoms with Crippen molar-refractivity contribution in [2.45, 2.75) is 6.92 Å². The lowest BCUT2D eigenvalue weighted by Crippen LogP contribution is -2.32. The Kier molecular flexibility index (Phi) is 9.31. The Morgan fingerprint density at radius 1 is 0.966 bits per heavy atom. The summed E-state index contributed by atoms with van der Waals surface area (Å²) in [5, 5.41) is 14.4. The third-order valence-electron chi connectivity index (χ3n) is 3.74. The average Bonchev–Trinajstić information content (AvgIpc) is 2.75. The molecule has 0 aliphatic heterocycles. The van der Waals surface area contributed by atoms with E-state index in [1.54, 1.807) is 36.4 Å². The van der Waals surface area contributed by atoms with Crippen LogP contribution in [0.4, 0.5) is 5.69 Å². The number of carbonyl (C=O) groups excluding carboxylic acids is 2. The van der Waals surface area contributed by atoms with Gasteiger partial charge in [0, 0.05) is 12.2 Å². The Balaban J connectivity index is 1.68. The highest BCUT2D eigenvalue weighted by Crippen LogP contribution is 2.17. The quantitative estimate of drug-likeness (QED) is 0.367. The first-order chi connectivity index (χ1) is 14.1. The summed E-state index contributed by atoms with van der Waals surface area (Å²) in [5.41, 5.74) is 0.836. The van der Waals surface area contributed by atoms with Crippen LogP contribution >= 0.6 is 0 Å². The lowest BCUT2D eigenvalue weighted by Gasteiger charge is -2.11. The molecule has 0 aromatic heterocycles. The van der Waals surface area contributed by atoms with Crippen LogP contribution in [0.3, 0.4) is 0 Å². The number of hydrogen-bond acceptors (Lipinski definition) is 7. The molecule has 0 aliphatic rings. The third kappa shape index (κ3) is 7.71. The van der Waals surface area contributed by atoms with E-state index in [0.717, 1.165) is 5.75 Å². The van der Waals surface area contributed by atoms with Gasteiger partial charge in [0.25, 0.3) is 5.91 Å². The summed E-state index contributed by atoms with van der Waals surface area (Å²) in [5.74, 6) is 0.394. The van der Waals surface area contributed by atoms with Gasteiger partial charge in [0.15, 0.2) is 6.61 Å². The lowest BCUT2D eigenvalue weighted by atomic mass is 10.2. The highest BCUT2D eigenvalue weighted by molar-refractivity contribution is 5.96. The molecule has 29 heavy (non-hydrogen) atoms. The van der Waals surface area contributed by atoms with Crippen LogP contribution in [0.2, 0.25) is 0 Å². The van der Waals surface area contributed by atoms with Crippen molar-refractivity contribution in [3.63, 3.8) is 0 Å². The van der Waals surface area contributed by atoms with Gasteiger partial charge in [0.2, 0.25) is 0 Å². The largest absolute Gasteiger partial charge is 0.494 e. The Morgan fingerprint density at radius 2 is 1.66 bits per heavy atom. The smallest absolute Gasteiger partial charge is 0.340 e. The van der Waals surface area contributed by atoms with Crippen LogP contribution in [0.25, 0.3) is 0 Å². The maximum atomic E-state index is 12.2. The summed E-state index contributed by atoms with van der Waals surface area (Å²) in [4.78, 5) is 24.0. The van der Waals surface area contributed by atoms with E-state index in [0.29, 0.717) is 30.2 Å². The Hall–Kier alpha value is -3.26. The minimum absolute atomic E-state index is 0.0650. The predicted molar refractivity (Wildman–Crippen MR) is 108 cm³/mol. The van der Waals surface area contributed by atoms with E-state index in [1.807, 2.05) is 19.1 Å². The molecule has 0 radical (unpaired) electrons. The fourth-order valence-corrected chi connectivity index (χ4v) is 2.42. The zero-order valence-corrected chi connectivity index (χ0v) is 16.3. The highest BCUT2D eigenvalue weighted by Gasteiger charge is 2.13. The van der Waals surface area contributed by atoms with E-state index >= 15 is 0 Å². The molecule has 2 aromatic carbocycles. The fraction of sp³-hybridized carbons (Fsp3) is 0.333. The van der Waals surface area contributed by atoms with Gasteiger partial charge in [0.1, 0.15) is 18.1 Å². The Bertz CT molecular complexity index is 779. The van der Waals surface area contributed by atoms with Gasteiger partial charge >= 0.3 is 5.97 Å². The van der Waals surface area contributed by atoms with Crippen LogP contribution in [0, 0.1) is 0 Å². The number of anilines is 1. The molecule has 0 bridgehead atoms. The second-order valence-corrected chi connectivity index (χ2v) is 5.87. The SMILES string of the molecule is CCOc1ccc(OCCNC(=O)COC(=O)c2ccccc2NCCO)cc1. The van der Waals surface area contributed by atoms with Crippen molar-refractivity contribution in [1.29, 1.82) is 0 Å². The van der Waals surface area contributed by atoms with Crippen molar-refractivity contribution in [3.05, 3.63) is 54.1 Å². The minimum atomic E-state index is -0.619. The predicted octanol–water partition coefficient (Wildman–Crippen LogP) is 1.84. The van der Waals surface area contributed by atoms with E-state index in [4.69, 9.17) is 19.3 Å². The van der Waals surface area contributed by atoms with Gasteiger partial charge in [-0.3, -0.25) is 4.79 Å². The number of hydrogen-bond donors (Lipinski definition) is 3. The van der Waals surface area contributed by atoms with Gasteiger partial charge in [-0.25, -0.2) is 4.79 Å². The third-order valence-corrected chi connectivity index (χ3v) is 3.74. The molecule has 156 valence electrons. The molecule has 2 rings (SSSR count). The second kappa shape index (κ2) is 12.2. The first-order valence-electron chi connectivity index (χ1n) is 9.37. The monoisotopic (exact) mass is 402 g/mol. The van der Waals surface area contributed by atoms with Gasteiger partial charge in [-0.15, -0.1) is 0 Å². The molecule has 0 spiro atoms. The molecule has 0 saturated heterocycles. The maximum Gasteiger partial charge on any atom is 0.340 e. The molecule has 0 fully saturated rings.